The van der Waals surface area contributed by atoms with Gasteiger partial charge >= 0.3 is 0 Å². The van der Waals surface area contributed by atoms with Crippen molar-refractivity contribution in [1.82, 2.24) is 4.98 Å². The molecule has 3 N–H and O–H groups in total. The van der Waals surface area contributed by atoms with E-state index in [2.05, 4.69) is 10.3 Å². The summed E-state index contributed by atoms with van der Waals surface area (Å²) in [5.74, 6) is 0.633. The van der Waals surface area contributed by atoms with Crippen LogP contribution in [-0.2, 0) is 0 Å². The number of hydrogen-bond acceptors (Lipinski definition) is 3. The molecule has 0 amide bonds. The Morgan fingerprint density at radius 3 is 2.75 bits per heavy atom. The zero-order valence-electron chi connectivity index (χ0n) is 8.87. The third-order valence-electron chi connectivity index (χ3n) is 2.34. The van der Waals surface area contributed by atoms with Crippen molar-refractivity contribution in [2.24, 2.45) is 0 Å². The Balaban J connectivity index is 2.35. The molecule has 0 saturated carbocycles. The number of pyridine rings is 1. The molecule has 0 aliphatic carbocycles. The summed E-state index contributed by atoms with van der Waals surface area (Å²) < 4.78 is 0. The third-order valence-corrected chi connectivity index (χ3v) is 2.66. The van der Waals surface area contributed by atoms with Gasteiger partial charge in [0.15, 0.2) is 5.82 Å². The van der Waals surface area contributed by atoms with Crippen LogP contribution in [0.15, 0.2) is 36.5 Å². The summed E-state index contributed by atoms with van der Waals surface area (Å²) in [5.41, 5.74) is 8.34. The van der Waals surface area contributed by atoms with Crippen molar-refractivity contribution < 1.29 is 0 Å². The minimum absolute atomic E-state index is 0.633. The largest absolute Gasteiger partial charge is 0.396 e. The average molecular weight is 234 g/mol. The summed E-state index contributed by atoms with van der Waals surface area (Å²) in [4.78, 5) is 4.18. The van der Waals surface area contributed by atoms with Crippen molar-refractivity contribution in [3.63, 3.8) is 0 Å². The molecule has 1 heterocycles. The Kier molecular flexibility index (Phi) is 2.97. The lowest BCUT2D eigenvalue weighted by Crippen LogP contribution is -2.01. The molecule has 0 unspecified atom stereocenters. The summed E-state index contributed by atoms with van der Waals surface area (Å²) in [7, 11) is 0. The summed E-state index contributed by atoms with van der Waals surface area (Å²) in [6.45, 7) is 1.94. The lowest BCUT2D eigenvalue weighted by atomic mass is 10.2. The van der Waals surface area contributed by atoms with Crippen LogP contribution in [0.25, 0.3) is 0 Å². The van der Waals surface area contributed by atoms with Crippen LogP contribution in [-0.4, -0.2) is 4.98 Å². The lowest BCUT2D eigenvalue weighted by molar-refractivity contribution is 1.28. The van der Waals surface area contributed by atoms with E-state index in [0.29, 0.717) is 16.5 Å². The van der Waals surface area contributed by atoms with Crippen molar-refractivity contribution in [3.05, 3.63) is 47.1 Å². The molecule has 0 fully saturated rings. The van der Waals surface area contributed by atoms with Gasteiger partial charge in [-0.15, -0.1) is 0 Å². The van der Waals surface area contributed by atoms with Gasteiger partial charge in [0.2, 0.25) is 0 Å². The van der Waals surface area contributed by atoms with Gasteiger partial charge in [-0.3, -0.25) is 0 Å². The third kappa shape index (κ3) is 2.09. The fourth-order valence-corrected chi connectivity index (χ4v) is 1.54. The van der Waals surface area contributed by atoms with Gasteiger partial charge in [0.1, 0.15) is 0 Å². The number of nitrogens with one attached hydrogen (secondary N) is 1. The standard InChI is InChI=1S/C12H12ClN3/c1-8-6-7-15-12(11(8)14)16-10-5-3-2-4-9(10)13/h2-7H,14H2,1H3,(H,15,16). The highest BCUT2D eigenvalue weighted by molar-refractivity contribution is 6.33. The van der Waals surface area contributed by atoms with Crippen LogP contribution in [0.5, 0.6) is 0 Å². The first kappa shape index (κ1) is 10.8. The molecule has 0 atom stereocenters. The van der Waals surface area contributed by atoms with E-state index in [4.69, 9.17) is 17.3 Å². The number of rotatable bonds is 2. The molecule has 0 aliphatic rings. The van der Waals surface area contributed by atoms with E-state index in [1.165, 1.54) is 0 Å². The monoisotopic (exact) mass is 233 g/mol. The Labute approximate surface area is 99.3 Å². The van der Waals surface area contributed by atoms with Gasteiger partial charge in [0, 0.05) is 6.20 Å². The first-order valence-corrected chi connectivity index (χ1v) is 5.29. The van der Waals surface area contributed by atoms with Gasteiger partial charge in [0.25, 0.3) is 0 Å². The topological polar surface area (TPSA) is 50.9 Å². The Hall–Kier alpha value is -1.74. The zero-order chi connectivity index (χ0) is 11.5. The Morgan fingerprint density at radius 1 is 1.25 bits per heavy atom. The number of benzene rings is 1. The molecule has 16 heavy (non-hydrogen) atoms. The maximum absolute atomic E-state index is 6.04. The second-order valence-electron chi connectivity index (χ2n) is 3.49. The fourth-order valence-electron chi connectivity index (χ4n) is 1.36. The number of nitrogens with zero attached hydrogens (tertiary/aromatic N) is 1. The molecule has 0 radical (unpaired) electrons. The molecule has 2 aromatic rings. The molecule has 1 aromatic carbocycles. The van der Waals surface area contributed by atoms with Crippen molar-refractivity contribution >= 4 is 28.8 Å². The van der Waals surface area contributed by atoms with Crippen molar-refractivity contribution in [2.45, 2.75) is 6.92 Å². The highest BCUT2D eigenvalue weighted by Gasteiger charge is 2.05. The maximum atomic E-state index is 6.04. The van der Waals surface area contributed by atoms with Gasteiger partial charge in [-0.2, -0.15) is 0 Å². The van der Waals surface area contributed by atoms with E-state index in [1.54, 1.807) is 6.20 Å². The number of aryl methyl sites for hydroxylation is 1. The molecule has 0 bridgehead atoms. The van der Waals surface area contributed by atoms with Gasteiger partial charge in [-0.25, -0.2) is 4.98 Å². The minimum Gasteiger partial charge on any atom is -0.396 e. The van der Waals surface area contributed by atoms with Crippen LogP contribution in [0.2, 0.25) is 5.02 Å². The number of halogens is 1. The van der Waals surface area contributed by atoms with Crippen LogP contribution in [0, 0.1) is 6.92 Å². The fraction of sp³-hybridized carbons (Fsp3) is 0.0833. The van der Waals surface area contributed by atoms with Crippen LogP contribution >= 0.6 is 11.6 Å². The first-order chi connectivity index (χ1) is 7.68. The first-order valence-electron chi connectivity index (χ1n) is 4.91. The molecule has 3 nitrogen and oxygen atoms in total. The van der Waals surface area contributed by atoms with E-state index in [1.807, 2.05) is 37.3 Å². The number of aromatic nitrogens is 1. The van der Waals surface area contributed by atoms with E-state index in [-0.39, 0.29) is 0 Å². The predicted octanol–water partition coefficient (Wildman–Crippen LogP) is 3.37. The van der Waals surface area contributed by atoms with Crippen LogP contribution in [0.1, 0.15) is 5.56 Å². The number of nitrogen functional groups attached to an aromatic ring is 1. The van der Waals surface area contributed by atoms with Crippen LogP contribution < -0.4 is 11.1 Å². The quantitative estimate of drug-likeness (QED) is 0.836. The maximum Gasteiger partial charge on any atom is 0.153 e. The summed E-state index contributed by atoms with van der Waals surface area (Å²) in [6.07, 6.45) is 1.71. The van der Waals surface area contributed by atoms with E-state index < -0.39 is 0 Å². The molecule has 0 saturated heterocycles. The van der Waals surface area contributed by atoms with Crippen molar-refractivity contribution in [3.8, 4) is 0 Å². The molecule has 2 rings (SSSR count). The summed E-state index contributed by atoms with van der Waals surface area (Å²) in [6, 6.07) is 9.34. The highest BCUT2D eigenvalue weighted by Crippen LogP contribution is 2.27. The van der Waals surface area contributed by atoms with Crippen LogP contribution in [0.3, 0.4) is 0 Å². The second-order valence-corrected chi connectivity index (χ2v) is 3.90. The average Bonchev–Trinajstić information content (AvgIpc) is 2.28. The minimum atomic E-state index is 0.633. The zero-order valence-corrected chi connectivity index (χ0v) is 9.62. The second kappa shape index (κ2) is 4.41. The number of anilines is 3. The molecule has 4 heteroatoms. The smallest absolute Gasteiger partial charge is 0.153 e. The van der Waals surface area contributed by atoms with Crippen molar-refractivity contribution in [2.75, 3.05) is 11.1 Å². The van der Waals surface area contributed by atoms with Gasteiger partial charge < -0.3 is 11.1 Å². The van der Waals surface area contributed by atoms with Gasteiger partial charge in [-0.05, 0) is 30.7 Å². The van der Waals surface area contributed by atoms with E-state index in [0.717, 1.165) is 11.3 Å². The molecule has 82 valence electrons. The number of hydrogen-bond donors (Lipinski definition) is 2. The predicted molar refractivity (Wildman–Crippen MR) is 68.1 cm³/mol. The summed E-state index contributed by atoms with van der Waals surface area (Å²) in [5, 5.41) is 3.76. The van der Waals surface area contributed by atoms with Crippen molar-refractivity contribution in [1.29, 1.82) is 0 Å². The molecule has 0 aliphatic heterocycles. The Bertz CT molecular complexity index is 511. The Morgan fingerprint density at radius 2 is 2.00 bits per heavy atom. The van der Waals surface area contributed by atoms with Crippen LogP contribution in [0.4, 0.5) is 17.2 Å². The van der Waals surface area contributed by atoms with E-state index >= 15 is 0 Å². The molecular formula is C12H12ClN3. The van der Waals surface area contributed by atoms with Gasteiger partial charge in [0.05, 0.1) is 16.4 Å². The SMILES string of the molecule is Cc1ccnc(Nc2ccccc2Cl)c1N. The number of para-hydroxylation sites is 1. The normalized spacial score (nSPS) is 10.1. The van der Waals surface area contributed by atoms with E-state index in [9.17, 15) is 0 Å². The molecule has 1 aromatic heterocycles. The number of nitrogens with two attached hydrogens (primary N) is 1. The van der Waals surface area contributed by atoms with Gasteiger partial charge in [-0.1, -0.05) is 23.7 Å². The lowest BCUT2D eigenvalue weighted by Gasteiger charge is -2.10. The molecular weight excluding hydrogens is 222 g/mol. The summed E-state index contributed by atoms with van der Waals surface area (Å²) >= 11 is 6.04. The highest BCUT2D eigenvalue weighted by atomic mass is 35.5. The molecule has 0 spiro atoms.